The Bertz CT molecular complexity index is 433. The van der Waals surface area contributed by atoms with Crippen LogP contribution in [0.25, 0.3) is 0 Å². The molecule has 1 aromatic carbocycles. The number of oxime groups is 1. The van der Waals surface area contributed by atoms with E-state index in [1.807, 2.05) is 0 Å². The van der Waals surface area contributed by atoms with Crippen LogP contribution < -0.4 is 9.47 Å². The second-order valence-electron chi connectivity index (χ2n) is 3.97. The van der Waals surface area contributed by atoms with E-state index in [1.54, 1.807) is 25.1 Å². The number of hydrogen-bond donors (Lipinski definition) is 2. The van der Waals surface area contributed by atoms with Gasteiger partial charge >= 0.3 is 0 Å². The van der Waals surface area contributed by atoms with Crippen LogP contribution in [-0.2, 0) is 4.74 Å². The molecule has 0 saturated carbocycles. The van der Waals surface area contributed by atoms with Crippen LogP contribution in [0, 0.1) is 0 Å². The van der Waals surface area contributed by atoms with Gasteiger partial charge in [0.2, 0.25) is 0 Å². The SMILES string of the molecule is COCC(O)COc1ccc(C(C)=NO)cc1OC. The predicted octanol–water partition coefficient (Wildman–Crippen LogP) is 1.28. The topological polar surface area (TPSA) is 80.5 Å². The van der Waals surface area contributed by atoms with Gasteiger partial charge in [-0.3, -0.25) is 0 Å². The van der Waals surface area contributed by atoms with Crippen molar-refractivity contribution >= 4 is 5.71 Å². The normalized spacial score (nSPS) is 13.2. The Morgan fingerprint density at radius 1 is 1.26 bits per heavy atom. The van der Waals surface area contributed by atoms with Crippen LogP contribution in [0.2, 0.25) is 0 Å². The fraction of sp³-hybridized carbons (Fsp3) is 0.462. The van der Waals surface area contributed by atoms with Gasteiger partial charge in [-0.25, -0.2) is 0 Å². The average molecular weight is 269 g/mol. The molecule has 0 fully saturated rings. The molecule has 0 bridgehead atoms. The summed E-state index contributed by atoms with van der Waals surface area (Å²) in [6, 6.07) is 5.14. The molecule has 0 aliphatic rings. The van der Waals surface area contributed by atoms with Crippen molar-refractivity contribution in [3.8, 4) is 11.5 Å². The fourth-order valence-corrected chi connectivity index (χ4v) is 1.50. The molecule has 19 heavy (non-hydrogen) atoms. The molecule has 0 radical (unpaired) electrons. The highest BCUT2D eigenvalue weighted by Gasteiger charge is 2.10. The van der Waals surface area contributed by atoms with E-state index in [-0.39, 0.29) is 13.2 Å². The molecule has 6 nitrogen and oxygen atoms in total. The van der Waals surface area contributed by atoms with Crippen LogP contribution in [-0.4, -0.2) is 49.6 Å². The number of benzene rings is 1. The van der Waals surface area contributed by atoms with Gasteiger partial charge in [0, 0.05) is 12.7 Å². The zero-order valence-electron chi connectivity index (χ0n) is 11.3. The second kappa shape index (κ2) is 7.60. The predicted molar refractivity (Wildman–Crippen MR) is 70.4 cm³/mol. The second-order valence-corrected chi connectivity index (χ2v) is 3.97. The van der Waals surface area contributed by atoms with Crippen LogP contribution in [0.4, 0.5) is 0 Å². The van der Waals surface area contributed by atoms with E-state index < -0.39 is 6.10 Å². The van der Waals surface area contributed by atoms with Gasteiger partial charge in [-0.15, -0.1) is 0 Å². The van der Waals surface area contributed by atoms with Crippen molar-refractivity contribution in [3.63, 3.8) is 0 Å². The number of rotatable bonds is 7. The number of methoxy groups -OCH3 is 2. The minimum atomic E-state index is -0.699. The molecule has 0 amide bonds. The summed E-state index contributed by atoms with van der Waals surface area (Å²) in [5, 5.41) is 21.4. The van der Waals surface area contributed by atoms with Gasteiger partial charge in [-0.05, 0) is 25.1 Å². The van der Waals surface area contributed by atoms with E-state index in [0.29, 0.717) is 17.2 Å². The number of hydrogen-bond acceptors (Lipinski definition) is 6. The lowest BCUT2D eigenvalue weighted by atomic mass is 10.1. The molecule has 0 aliphatic carbocycles. The number of nitrogens with zero attached hydrogens (tertiary/aromatic N) is 1. The molecule has 2 N–H and O–H groups in total. The van der Waals surface area contributed by atoms with Gasteiger partial charge in [0.25, 0.3) is 0 Å². The van der Waals surface area contributed by atoms with Crippen LogP contribution >= 0.6 is 0 Å². The first-order valence-corrected chi connectivity index (χ1v) is 5.79. The quantitative estimate of drug-likeness (QED) is 0.443. The van der Waals surface area contributed by atoms with Crippen molar-refractivity contribution in [1.82, 2.24) is 0 Å². The van der Waals surface area contributed by atoms with E-state index >= 15 is 0 Å². The number of ether oxygens (including phenoxy) is 3. The summed E-state index contributed by atoms with van der Waals surface area (Å²) in [7, 11) is 3.03. The first-order valence-electron chi connectivity index (χ1n) is 5.79. The summed E-state index contributed by atoms with van der Waals surface area (Å²) >= 11 is 0. The molecular formula is C13H19NO5. The lowest BCUT2D eigenvalue weighted by Gasteiger charge is -2.14. The highest BCUT2D eigenvalue weighted by molar-refractivity contribution is 5.98. The van der Waals surface area contributed by atoms with Crippen molar-refractivity contribution in [3.05, 3.63) is 23.8 Å². The molecule has 1 unspecified atom stereocenters. The van der Waals surface area contributed by atoms with Gasteiger partial charge in [0.05, 0.1) is 19.4 Å². The lowest BCUT2D eigenvalue weighted by molar-refractivity contribution is 0.0319. The van der Waals surface area contributed by atoms with Crippen molar-refractivity contribution in [1.29, 1.82) is 0 Å². The summed E-state index contributed by atoms with van der Waals surface area (Å²) in [4.78, 5) is 0. The van der Waals surface area contributed by atoms with Crippen LogP contribution in [0.1, 0.15) is 12.5 Å². The van der Waals surface area contributed by atoms with E-state index in [4.69, 9.17) is 19.4 Å². The zero-order chi connectivity index (χ0) is 14.3. The first-order chi connectivity index (χ1) is 9.12. The maximum atomic E-state index is 9.51. The molecule has 6 heteroatoms. The zero-order valence-corrected chi connectivity index (χ0v) is 11.3. The smallest absolute Gasteiger partial charge is 0.161 e. The minimum Gasteiger partial charge on any atom is -0.493 e. The molecule has 0 aromatic heterocycles. The Morgan fingerprint density at radius 3 is 2.58 bits per heavy atom. The monoisotopic (exact) mass is 269 g/mol. The van der Waals surface area contributed by atoms with Crippen molar-refractivity contribution in [2.45, 2.75) is 13.0 Å². The third kappa shape index (κ3) is 4.42. The average Bonchev–Trinajstić information content (AvgIpc) is 2.44. The molecule has 1 aromatic rings. The number of aliphatic hydroxyl groups is 1. The van der Waals surface area contributed by atoms with Crippen molar-refractivity contribution < 1.29 is 24.5 Å². The maximum absolute atomic E-state index is 9.51. The fourth-order valence-electron chi connectivity index (χ4n) is 1.50. The van der Waals surface area contributed by atoms with E-state index in [9.17, 15) is 5.11 Å². The van der Waals surface area contributed by atoms with Crippen LogP contribution in [0.3, 0.4) is 0 Å². The minimum absolute atomic E-state index is 0.108. The number of aliphatic hydroxyl groups excluding tert-OH is 1. The largest absolute Gasteiger partial charge is 0.493 e. The van der Waals surface area contributed by atoms with Crippen LogP contribution in [0.5, 0.6) is 11.5 Å². The van der Waals surface area contributed by atoms with E-state index in [2.05, 4.69) is 5.16 Å². The van der Waals surface area contributed by atoms with Gasteiger partial charge in [-0.2, -0.15) is 0 Å². The van der Waals surface area contributed by atoms with Crippen LogP contribution in [0.15, 0.2) is 23.4 Å². The molecule has 0 spiro atoms. The molecule has 1 rings (SSSR count). The van der Waals surface area contributed by atoms with Gasteiger partial charge in [0.15, 0.2) is 11.5 Å². The Balaban J connectivity index is 2.79. The summed E-state index contributed by atoms with van der Waals surface area (Å²) in [6.07, 6.45) is -0.699. The standard InChI is InChI=1S/C13H19NO5/c1-9(14-16)10-4-5-12(13(6-10)18-3)19-8-11(15)7-17-2/h4-6,11,15-16H,7-8H2,1-3H3. The Labute approximate surface area is 112 Å². The molecule has 106 valence electrons. The summed E-state index contributed by atoms with van der Waals surface area (Å²) in [6.45, 7) is 1.99. The van der Waals surface area contributed by atoms with E-state index in [0.717, 1.165) is 5.56 Å². The van der Waals surface area contributed by atoms with Gasteiger partial charge in [-0.1, -0.05) is 5.16 Å². The highest BCUT2D eigenvalue weighted by atomic mass is 16.5. The molecule has 0 heterocycles. The molecule has 1 atom stereocenters. The molecular weight excluding hydrogens is 250 g/mol. The first kappa shape index (κ1) is 15.3. The van der Waals surface area contributed by atoms with Crippen molar-refractivity contribution in [2.75, 3.05) is 27.4 Å². The van der Waals surface area contributed by atoms with Gasteiger partial charge < -0.3 is 24.5 Å². The third-order valence-electron chi connectivity index (χ3n) is 2.52. The van der Waals surface area contributed by atoms with E-state index in [1.165, 1.54) is 14.2 Å². The Kier molecular flexibility index (Phi) is 6.11. The summed E-state index contributed by atoms with van der Waals surface area (Å²) < 4.78 is 15.5. The summed E-state index contributed by atoms with van der Waals surface area (Å²) in [5.41, 5.74) is 1.20. The summed E-state index contributed by atoms with van der Waals surface area (Å²) in [5.74, 6) is 1.01. The molecule has 0 aliphatic heterocycles. The molecule has 0 saturated heterocycles. The Morgan fingerprint density at radius 2 is 2.00 bits per heavy atom. The Hall–Kier alpha value is -1.79. The van der Waals surface area contributed by atoms with Crippen molar-refractivity contribution in [2.24, 2.45) is 5.16 Å². The lowest BCUT2D eigenvalue weighted by Crippen LogP contribution is -2.22. The highest BCUT2D eigenvalue weighted by Crippen LogP contribution is 2.28. The van der Waals surface area contributed by atoms with Gasteiger partial charge in [0.1, 0.15) is 12.7 Å². The third-order valence-corrected chi connectivity index (χ3v) is 2.52. The maximum Gasteiger partial charge on any atom is 0.161 e.